The first-order chi connectivity index (χ1) is 11.1. The Balaban J connectivity index is 1.64. The second kappa shape index (κ2) is 7.38. The highest BCUT2D eigenvalue weighted by Gasteiger charge is 2.27. The fourth-order valence-electron chi connectivity index (χ4n) is 2.95. The Morgan fingerprint density at radius 1 is 1.39 bits per heavy atom. The maximum atomic E-state index is 11.4. The fourth-order valence-corrected chi connectivity index (χ4v) is 3.47. The van der Waals surface area contributed by atoms with E-state index in [4.69, 9.17) is 4.74 Å². The van der Waals surface area contributed by atoms with E-state index in [1.165, 1.54) is 5.56 Å². The van der Waals surface area contributed by atoms with Gasteiger partial charge < -0.3 is 10.1 Å². The second-order valence-corrected chi connectivity index (χ2v) is 7.35. The van der Waals surface area contributed by atoms with Crippen molar-refractivity contribution in [3.05, 3.63) is 47.8 Å². The Hall–Kier alpha value is -1.50. The average molecular weight is 333 g/mol. The lowest BCUT2D eigenvalue weighted by atomic mass is 9.98. The van der Waals surface area contributed by atoms with Crippen molar-refractivity contribution < 1.29 is 8.95 Å². The summed E-state index contributed by atoms with van der Waals surface area (Å²) in [6, 6.07) is 8.22. The first kappa shape index (κ1) is 16.4. The number of hydrogen-bond acceptors (Lipinski definition) is 4. The molecule has 1 aromatic carbocycles. The lowest BCUT2D eigenvalue weighted by Crippen LogP contribution is -2.39. The van der Waals surface area contributed by atoms with Crippen LogP contribution in [0.25, 0.3) is 0 Å². The van der Waals surface area contributed by atoms with Crippen molar-refractivity contribution >= 4 is 10.8 Å². The minimum Gasteiger partial charge on any atom is -0.372 e. The molecule has 5 nitrogen and oxygen atoms in total. The van der Waals surface area contributed by atoms with Gasteiger partial charge in [0.1, 0.15) is 6.10 Å². The van der Waals surface area contributed by atoms with E-state index in [9.17, 15) is 4.21 Å². The Morgan fingerprint density at radius 3 is 2.83 bits per heavy atom. The van der Waals surface area contributed by atoms with E-state index in [0.717, 1.165) is 36.5 Å². The van der Waals surface area contributed by atoms with Crippen LogP contribution in [0.1, 0.15) is 30.1 Å². The van der Waals surface area contributed by atoms with Gasteiger partial charge in [-0.05, 0) is 30.5 Å². The molecule has 1 aliphatic heterocycles. The summed E-state index contributed by atoms with van der Waals surface area (Å²) in [4.78, 5) is 0.864. The normalized spacial score (nSPS) is 22.9. The molecule has 1 aliphatic rings. The molecule has 2 heterocycles. The van der Waals surface area contributed by atoms with Gasteiger partial charge in [0.15, 0.2) is 0 Å². The molecule has 0 radical (unpaired) electrons. The van der Waals surface area contributed by atoms with Gasteiger partial charge in [0.05, 0.1) is 6.20 Å². The van der Waals surface area contributed by atoms with Crippen molar-refractivity contribution in [3.63, 3.8) is 0 Å². The van der Waals surface area contributed by atoms with Crippen LogP contribution < -0.4 is 5.32 Å². The number of nitrogens with one attached hydrogen (secondary N) is 1. The first-order valence-electron chi connectivity index (χ1n) is 7.89. The minimum atomic E-state index is -0.923. The Kier molecular flexibility index (Phi) is 5.25. The summed E-state index contributed by atoms with van der Waals surface area (Å²) in [5, 5.41) is 7.86. The van der Waals surface area contributed by atoms with Crippen molar-refractivity contribution in [2.75, 3.05) is 12.9 Å². The third-order valence-corrected chi connectivity index (χ3v) is 5.14. The molecule has 23 heavy (non-hydrogen) atoms. The Bertz CT molecular complexity index is 669. The molecule has 1 saturated heterocycles. The molecule has 1 fully saturated rings. The van der Waals surface area contributed by atoms with Gasteiger partial charge in [-0.15, -0.1) is 0 Å². The molecule has 2 aromatic rings. The highest BCUT2D eigenvalue weighted by Crippen LogP contribution is 2.28. The molecule has 0 unspecified atom stereocenters. The molecule has 3 atom stereocenters. The summed E-state index contributed by atoms with van der Waals surface area (Å²) in [7, 11) is 1.00. The quantitative estimate of drug-likeness (QED) is 0.911. The maximum absolute atomic E-state index is 11.4. The molecule has 0 saturated carbocycles. The molecule has 1 aromatic heterocycles. The van der Waals surface area contributed by atoms with Gasteiger partial charge in [0, 0.05) is 60.0 Å². The monoisotopic (exact) mass is 333 g/mol. The average Bonchev–Trinajstić information content (AvgIpc) is 3.00. The van der Waals surface area contributed by atoms with Gasteiger partial charge in [-0.3, -0.25) is 8.89 Å². The van der Waals surface area contributed by atoms with Crippen LogP contribution in [0.2, 0.25) is 0 Å². The molecule has 0 aliphatic carbocycles. The van der Waals surface area contributed by atoms with Crippen LogP contribution in [-0.4, -0.2) is 32.9 Å². The second-order valence-electron chi connectivity index (χ2n) is 5.97. The van der Waals surface area contributed by atoms with Gasteiger partial charge in [-0.1, -0.05) is 12.1 Å². The first-order valence-corrected chi connectivity index (χ1v) is 9.45. The van der Waals surface area contributed by atoms with Gasteiger partial charge >= 0.3 is 0 Å². The van der Waals surface area contributed by atoms with Crippen LogP contribution in [0.4, 0.5) is 0 Å². The van der Waals surface area contributed by atoms with E-state index in [-0.39, 0.29) is 12.1 Å². The van der Waals surface area contributed by atoms with E-state index in [2.05, 4.69) is 10.4 Å². The van der Waals surface area contributed by atoms with Gasteiger partial charge in [0.2, 0.25) is 0 Å². The summed E-state index contributed by atoms with van der Waals surface area (Å²) in [5.41, 5.74) is 2.32. The fraction of sp³-hybridized carbons (Fsp3) is 0.471. The SMILES string of the molecule is Cn1cc([C@H]2OCCC[C@@H]2NCc2ccc([S@@](C)=O)cc2)cn1. The number of nitrogens with zero attached hydrogens (tertiary/aromatic N) is 2. The Morgan fingerprint density at radius 2 is 2.17 bits per heavy atom. The molecule has 1 N–H and O–H groups in total. The molecular weight excluding hydrogens is 310 g/mol. The van der Waals surface area contributed by atoms with E-state index < -0.39 is 10.8 Å². The highest BCUT2D eigenvalue weighted by molar-refractivity contribution is 7.84. The van der Waals surface area contributed by atoms with E-state index in [0.29, 0.717) is 0 Å². The molecular formula is C17H23N3O2S. The smallest absolute Gasteiger partial charge is 0.101 e. The lowest BCUT2D eigenvalue weighted by Gasteiger charge is -2.32. The third kappa shape index (κ3) is 4.07. The van der Waals surface area contributed by atoms with Crippen LogP contribution >= 0.6 is 0 Å². The lowest BCUT2D eigenvalue weighted by molar-refractivity contribution is -0.0112. The number of hydrogen-bond donors (Lipinski definition) is 1. The van der Waals surface area contributed by atoms with Crippen molar-refractivity contribution in [2.45, 2.75) is 36.4 Å². The number of aromatic nitrogens is 2. The summed E-state index contributed by atoms with van der Waals surface area (Å²) in [6.07, 6.45) is 7.83. The van der Waals surface area contributed by atoms with Crippen molar-refractivity contribution in [1.29, 1.82) is 0 Å². The number of ether oxygens (including phenoxy) is 1. The zero-order chi connectivity index (χ0) is 16.2. The molecule has 124 valence electrons. The zero-order valence-corrected chi connectivity index (χ0v) is 14.4. The molecule has 0 spiro atoms. The summed E-state index contributed by atoms with van der Waals surface area (Å²) in [5.74, 6) is 0. The van der Waals surface area contributed by atoms with Crippen LogP contribution in [-0.2, 0) is 29.1 Å². The number of benzene rings is 1. The summed E-state index contributed by atoms with van der Waals surface area (Å²) in [6.45, 7) is 1.58. The summed E-state index contributed by atoms with van der Waals surface area (Å²) >= 11 is 0. The standard InChI is InChI=1S/C17H23N3O2S/c1-20-12-14(11-19-20)17-16(4-3-9-22-17)18-10-13-5-7-15(8-6-13)23(2)21/h5-8,11-12,16-18H,3-4,9-10H2,1-2H3/t16-,17+,23+/m0/s1. The van der Waals surface area contributed by atoms with Gasteiger partial charge in [-0.2, -0.15) is 5.10 Å². The van der Waals surface area contributed by atoms with E-state index >= 15 is 0 Å². The molecule has 3 rings (SSSR count). The van der Waals surface area contributed by atoms with Gasteiger partial charge in [-0.25, -0.2) is 0 Å². The van der Waals surface area contributed by atoms with Crippen molar-refractivity contribution in [3.8, 4) is 0 Å². The number of rotatable bonds is 5. The maximum Gasteiger partial charge on any atom is 0.101 e. The zero-order valence-electron chi connectivity index (χ0n) is 13.6. The van der Waals surface area contributed by atoms with E-state index in [1.54, 1.807) is 6.26 Å². The molecule has 0 bridgehead atoms. The topological polar surface area (TPSA) is 56.1 Å². The van der Waals surface area contributed by atoms with Crippen LogP contribution in [0.3, 0.4) is 0 Å². The van der Waals surface area contributed by atoms with Crippen molar-refractivity contribution in [1.82, 2.24) is 15.1 Å². The third-order valence-electron chi connectivity index (χ3n) is 4.20. The molecule has 6 heteroatoms. The summed E-state index contributed by atoms with van der Waals surface area (Å²) < 4.78 is 19.2. The van der Waals surface area contributed by atoms with E-state index in [1.807, 2.05) is 48.4 Å². The largest absolute Gasteiger partial charge is 0.372 e. The van der Waals surface area contributed by atoms with Crippen LogP contribution in [0.5, 0.6) is 0 Å². The predicted octanol–water partition coefficient (Wildman–Crippen LogP) is 2.17. The minimum absolute atomic E-state index is 0.0554. The van der Waals surface area contributed by atoms with Gasteiger partial charge in [0.25, 0.3) is 0 Å². The Labute approximate surface area is 139 Å². The highest BCUT2D eigenvalue weighted by atomic mass is 32.2. The van der Waals surface area contributed by atoms with Crippen LogP contribution in [0.15, 0.2) is 41.6 Å². The number of aryl methyl sites for hydroxylation is 1. The van der Waals surface area contributed by atoms with Crippen LogP contribution in [0, 0.1) is 0 Å². The van der Waals surface area contributed by atoms with Crippen molar-refractivity contribution in [2.24, 2.45) is 7.05 Å². The predicted molar refractivity (Wildman–Crippen MR) is 90.5 cm³/mol. The molecule has 0 amide bonds.